The summed E-state index contributed by atoms with van der Waals surface area (Å²) in [4.78, 5) is 0. The van der Waals surface area contributed by atoms with E-state index in [4.69, 9.17) is 4.74 Å². The lowest BCUT2D eigenvalue weighted by atomic mass is 9.90. The molecule has 0 bridgehead atoms. The molecule has 0 spiro atoms. The molecule has 0 aliphatic carbocycles. The zero-order valence-corrected chi connectivity index (χ0v) is 12.2. The Morgan fingerprint density at radius 1 is 1.11 bits per heavy atom. The highest BCUT2D eigenvalue weighted by Crippen LogP contribution is 2.24. The van der Waals surface area contributed by atoms with Crippen molar-refractivity contribution in [2.45, 2.75) is 52.5 Å². The highest BCUT2D eigenvalue weighted by molar-refractivity contribution is 5.30. The highest BCUT2D eigenvalue weighted by Gasteiger charge is 2.16. The zero-order valence-electron chi connectivity index (χ0n) is 12.2. The van der Waals surface area contributed by atoms with E-state index in [9.17, 15) is 0 Å². The second kappa shape index (κ2) is 8.15. The van der Waals surface area contributed by atoms with Crippen LogP contribution in [0.1, 0.15) is 52.0 Å². The van der Waals surface area contributed by atoms with Crippen molar-refractivity contribution >= 4 is 0 Å². The van der Waals surface area contributed by atoms with Crippen LogP contribution in [-0.2, 0) is 0 Å². The first kappa shape index (κ1) is 15.0. The number of hydrogen-bond donors (Lipinski definition) is 1. The van der Waals surface area contributed by atoms with E-state index in [1.807, 2.05) is 6.92 Å². The van der Waals surface area contributed by atoms with Gasteiger partial charge in [0, 0.05) is 6.04 Å². The first-order chi connectivity index (χ1) is 8.72. The maximum atomic E-state index is 5.48. The zero-order chi connectivity index (χ0) is 13.4. The van der Waals surface area contributed by atoms with Crippen molar-refractivity contribution in [3.63, 3.8) is 0 Å². The predicted molar refractivity (Wildman–Crippen MR) is 78.4 cm³/mol. The molecule has 0 fully saturated rings. The topological polar surface area (TPSA) is 21.3 Å². The van der Waals surface area contributed by atoms with E-state index in [2.05, 4.69) is 50.4 Å². The normalized spacial score (nSPS) is 14.2. The van der Waals surface area contributed by atoms with Crippen molar-refractivity contribution in [3.05, 3.63) is 29.8 Å². The average molecular weight is 249 g/mol. The highest BCUT2D eigenvalue weighted by atomic mass is 16.5. The molecular formula is C16H27NO. The molecule has 0 amide bonds. The van der Waals surface area contributed by atoms with Crippen LogP contribution in [0.25, 0.3) is 0 Å². The monoisotopic (exact) mass is 249 g/mol. The Morgan fingerprint density at radius 2 is 1.78 bits per heavy atom. The summed E-state index contributed by atoms with van der Waals surface area (Å²) in [6.45, 7) is 10.5. The van der Waals surface area contributed by atoms with Crippen LogP contribution in [0.5, 0.6) is 5.75 Å². The van der Waals surface area contributed by atoms with Gasteiger partial charge in [0.1, 0.15) is 5.75 Å². The third kappa shape index (κ3) is 4.34. The van der Waals surface area contributed by atoms with Crippen LogP contribution in [0, 0.1) is 0 Å². The van der Waals surface area contributed by atoms with Crippen molar-refractivity contribution in [3.8, 4) is 5.75 Å². The van der Waals surface area contributed by atoms with E-state index in [-0.39, 0.29) is 0 Å². The lowest BCUT2D eigenvalue weighted by molar-refractivity contribution is 0.340. The summed E-state index contributed by atoms with van der Waals surface area (Å²) < 4.78 is 5.48. The van der Waals surface area contributed by atoms with Crippen molar-refractivity contribution < 1.29 is 4.74 Å². The van der Waals surface area contributed by atoms with E-state index in [1.54, 1.807) is 0 Å². The summed E-state index contributed by atoms with van der Waals surface area (Å²) in [5.41, 5.74) is 1.39. The molecule has 0 radical (unpaired) electrons. The maximum absolute atomic E-state index is 5.48. The molecule has 0 aromatic heterocycles. The van der Waals surface area contributed by atoms with Crippen molar-refractivity contribution in [2.75, 3.05) is 13.2 Å². The Hall–Kier alpha value is -1.02. The Kier molecular flexibility index (Phi) is 6.81. The number of benzene rings is 1. The summed E-state index contributed by atoms with van der Waals surface area (Å²) in [6, 6.07) is 9.10. The fraction of sp³-hybridized carbons (Fsp3) is 0.625. The molecule has 1 rings (SSSR count). The first-order valence-electron chi connectivity index (χ1n) is 7.19. The molecule has 0 aliphatic heterocycles. The van der Waals surface area contributed by atoms with Gasteiger partial charge in [-0.05, 0) is 43.5 Å². The van der Waals surface area contributed by atoms with Gasteiger partial charge in [0.15, 0.2) is 0 Å². The van der Waals surface area contributed by atoms with Crippen molar-refractivity contribution in [2.24, 2.45) is 0 Å². The molecule has 1 aromatic rings. The molecule has 1 N–H and O–H groups in total. The molecule has 0 aliphatic rings. The minimum absolute atomic E-state index is 0.542. The van der Waals surface area contributed by atoms with Crippen LogP contribution in [0.3, 0.4) is 0 Å². The number of likely N-dealkylation sites (N-methyl/N-ethyl adjacent to an activating group) is 1. The number of rotatable bonds is 8. The van der Waals surface area contributed by atoms with Gasteiger partial charge in [-0.2, -0.15) is 0 Å². The Morgan fingerprint density at radius 3 is 2.28 bits per heavy atom. The number of ether oxygens (including phenoxy) is 1. The molecule has 0 saturated carbocycles. The van der Waals surface area contributed by atoms with Crippen LogP contribution >= 0.6 is 0 Å². The molecule has 2 unspecified atom stereocenters. The molecule has 2 heteroatoms. The molecule has 18 heavy (non-hydrogen) atoms. The third-order valence-corrected chi connectivity index (χ3v) is 3.39. The minimum Gasteiger partial charge on any atom is -0.494 e. The summed E-state index contributed by atoms with van der Waals surface area (Å²) in [5.74, 6) is 1.50. The van der Waals surface area contributed by atoms with Gasteiger partial charge < -0.3 is 10.1 Å². The second-order valence-corrected chi connectivity index (χ2v) is 4.74. The summed E-state index contributed by atoms with van der Waals surface area (Å²) in [5, 5.41) is 3.59. The summed E-state index contributed by atoms with van der Waals surface area (Å²) in [7, 11) is 0. The van der Waals surface area contributed by atoms with Gasteiger partial charge in [-0.25, -0.2) is 0 Å². The van der Waals surface area contributed by atoms with Crippen LogP contribution in [0.4, 0.5) is 0 Å². The third-order valence-electron chi connectivity index (χ3n) is 3.39. The molecule has 102 valence electrons. The van der Waals surface area contributed by atoms with Crippen LogP contribution in [-0.4, -0.2) is 19.2 Å². The van der Waals surface area contributed by atoms with Crippen LogP contribution in [0.15, 0.2) is 24.3 Å². The summed E-state index contributed by atoms with van der Waals surface area (Å²) in [6.07, 6.45) is 2.45. The lowest BCUT2D eigenvalue weighted by Gasteiger charge is -2.25. The fourth-order valence-corrected chi connectivity index (χ4v) is 2.37. The van der Waals surface area contributed by atoms with Gasteiger partial charge >= 0.3 is 0 Å². The van der Waals surface area contributed by atoms with Gasteiger partial charge in [0.2, 0.25) is 0 Å². The smallest absolute Gasteiger partial charge is 0.119 e. The largest absolute Gasteiger partial charge is 0.494 e. The predicted octanol–water partition coefficient (Wildman–Crippen LogP) is 3.97. The summed E-state index contributed by atoms with van der Waals surface area (Å²) >= 11 is 0. The van der Waals surface area contributed by atoms with E-state index < -0.39 is 0 Å². The van der Waals surface area contributed by atoms with E-state index in [0.717, 1.165) is 18.9 Å². The molecule has 2 atom stereocenters. The van der Waals surface area contributed by atoms with Gasteiger partial charge in [-0.1, -0.05) is 39.3 Å². The fourth-order valence-electron chi connectivity index (χ4n) is 2.37. The van der Waals surface area contributed by atoms with Crippen LogP contribution in [0.2, 0.25) is 0 Å². The average Bonchev–Trinajstić information content (AvgIpc) is 2.39. The van der Waals surface area contributed by atoms with Gasteiger partial charge in [0.25, 0.3) is 0 Å². The van der Waals surface area contributed by atoms with Crippen molar-refractivity contribution in [1.82, 2.24) is 5.32 Å². The molecule has 2 nitrogen and oxygen atoms in total. The van der Waals surface area contributed by atoms with Crippen LogP contribution < -0.4 is 10.1 Å². The standard InChI is InChI=1S/C16H27NO/c1-5-8-16(17-6-2)13(4)14-9-11-15(12-10-14)18-7-3/h9-13,16-17H,5-8H2,1-4H3. The number of hydrogen-bond acceptors (Lipinski definition) is 2. The Balaban J connectivity index is 2.70. The SMILES string of the molecule is CCCC(NCC)C(C)c1ccc(OCC)cc1. The molecule has 1 aromatic carbocycles. The quantitative estimate of drug-likeness (QED) is 0.753. The lowest BCUT2D eigenvalue weighted by Crippen LogP contribution is -2.33. The van der Waals surface area contributed by atoms with Gasteiger partial charge in [0.05, 0.1) is 6.61 Å². The molecule has 0 heterocycles. The van der Waals surface area contributed by atoms with E-state index in [0.29, 0.717) is 12.0 Å². The number of nitrogens with one attached hydrogen (secondary N) is 1. The van der Waals surface area contributed by atoms with Crippen molar-refractivity contribution in [1.29, 1.82) is 0 Å². The minimum atomic E-state index is 0.542. The second-order valence-electron chi connectivity index (χ2n) is 4.74. The molecular weight excluding hydrogens is 222 g/mol. The van der Waals surface area contributed by atoms with E-state index >= 15 is 0 Å². The Bertz CT molecular complexity index is 314. The van der Waals surface area contributed by atoms with E-state index in [1.165, 1.54) is 18.4 Å². The first-order valence-corrected chi connectivity index (χ1v) is 7.19. The maximum Gasteiger partial charge on any atom is 0.119 e. The molecule has 0 saturated heterocycles. The Labute approximate surface area is 112 Å². The van der Waals surface area contributed by atoms with Gasteiger partial charge in [-0.3, -0.25) is 0 Å². The van der Waals surface area contributed by atoms with Gasteiger partial charge in [-0.15, -0.1) is 0 Å².